The molecule has 0 fully saturated rings. The van der Waals surface area contributed by atoms with Gasteiger partial charge in [0.05, 0.1) is 0 Å². The lowest BCUT2D eigenvalue weighted by molar-refractivity contribution is -0.139. The van der Waals surface area contributed by atoms with Gasteiger partial charge in [-0.25, -0.2) is 9.59 Å². The van der Waals surface area contributed by atoms with E-state index in [0.29, 0.717) is 31.6 Å². The summed E-state index contributed by atoms with van der Waals surface area (Å²) in [5.41, 5.74) is 4.39. The zero-order chi connectivity index (χ0) is 26.0. The topological polar surface area (TPSA) is 156 Å². The largest absolute Gasteiger partial charge is 0.480 e. The molecule has 11 nitrogen and oxygen atoms in total. The fourth-order valence-corrected chi connectivity index (χ4v) is 4.38. The van der Waals surface area contributed by atoms with Gasteiger partial charge in [-0.1, -0.05) is 48.5 Å². The number of aryl methyl sites for hydroxylation is 1. The molecule has 1 atom stereocenters. The van der Waals surface area contributed by atoms with E-state index in [9.17, 15) is 19.5 Å². The number of carboxylic acids is 1. The Bertz CT molecular complexity index is 1190. The Hall–Kier alpha value is -4.41. The molecule has 0 spiro atoms. The summed E-state index contributed by atoms with van der Waals surface area (Å²) in [7, 11) is 0. The van der Waals surface area contributed by atoms with Crippen LogP contribution in [0, 0.1) is 0 Å². The van der Waals surface area contributed by atoms with Crippen molar-refractivity contribution in [3.63, 3.8) is 0 Å². The van der Waals surface area contributed by atoms with Crippen molar-refractivity contribution in [2.45, 2.75) is 44.1 Å². The van der Waals surface area contributed by atoms with Gasteiger partial charge < -0.3 is 20.5 Å². The number of aliphatic carboxylic acids is 1. The standard InChI is InChI=1S/C26H28N6O5/c33-24(13-12-23-31-28-16-29-32-23)27-14-6-5-11-22(25(34)35)30-26(36)37-15-21-19-9-3-1-7-17(19)18-8-2-4-10-20(18)21/h1-4,7-10,16,21-22H,5-6,11-15H2,(H,27,33)(H,30,36)(H,34,35)/t22-/m0/s1. The molecule has 0 aliphatic heterocycles. The van der Waals surface area contributed by atoms with E-state index in [1.165, 1.54) is 6.33 Å². The van der Waals surface area contributed by atoms with E-state index in [1.54, 1.807) is 0 Å². The SMILES string of the molecule is O=C(CCc1nncnn1)NCCCC[C@H](NC(=O)OCC1c2ccccc2-c2ccccc21)C(=O)O. The fourth-order valence-electron chi connectivity index (χ4n) is 4.38. The van der Waals surface area contributed by atoms with Crippen molar-refractivity contribution in [2.75, 3.05) is 13.2 Å². The number of rotatable bonds is 12. The molecule has 37 heavy (non-hydrogen) atoms. The average Bonchev–Trinajstić information content (AvgIpc) is 3.24. The number of alkyl carbamates (subject to hydrolysis) is 1. The molecule has 2 amide bonds. The Labute approximate surface area is 213 Å². The van der Waals surface area contributed by atoms with Crippen molar-refractivity contribution in [2.24, 2.45) is 0 Å². The first kappa shape index (κ1) is 25.7. The second-order valence-electron chi connectivity index (χ2n) is 8.67. The van der Waals surface area contributed by atoms with Crippen LogP contribution >= 0.6 is 0 Å². The molecule has 4 rings (SSSR count). The molecule has 3 N–H and O–H groups in total. The molecule has 0 saturated carbocycles. The maximum absolute atomic E-state index is 12.4. The van der Waals surface area contributed by atoms with Crippen LogP contribution < -0.4 is 10.6 Å². The first-order valence-corrected chi connectivity index (χ1v) is 12.1. The van der Waals surface area contributed by atoms with Crippen LogP contribution in [0.4, 0.5) is 4.79 Å². The maximum atomic E-state index is 12.4. The summed E-state index contributed by atoms with van der Waals surface area (Å²) in [5, 5.41) is 29.5. The lowest BCUT2D eigenvalue weighted by Crippen LogP contribution is -2.41. The molecule has 0 radical (unpaired) electrons. The number of aromatic nitrogens is 4. The summed E-state index contributed by atoms with van der Waals surface area (Å²) in [4.78, 5) is 36.0. The number of fused-ring (bicyclic) bond motifs is 3. The number of unbranched alkanes of at least 4 members (excludes halogenated alkanes) is 1. The van der Waals surface area contributed by atoms with Gasteiger partial charge in [0.1, 0.15) is 12.6 Å². The van der Waals surface area contributed by atoms with Crippen molar-refractivity contribution in [3.05, 3.63) is 71.8 Å². The lowest BCUT2D eigenvalue weighted by atomic mass is 9.98. The normalized spacial score (nSPS) is 12.8. The Morgan fingerprint density at radius 3 is 2.24 bits per heavy atom. The summed E-state index contributed by atoms with van der Waals surface area (Å²) in [5.74, 6) is -1.02. The van der Waals surface area contributed by atoms with Crippen LogP contribution in [0.5, 0.6) is 0 Å². The Kier molecular flexibility index (Phi) is 8.69. The van der Waals surface area contributed by atoms with Gasteiger partial charge in [-0.2, -0.15) is 0 Å². The monoisotopic (exact) mass is 504 g/mol. The number of carboxylic acid groups (broad SMARTS) is 1. The fraction of sp³-hybridized carbons (Fsp3) is 0.346. The first-order valence-electron chi connectivity index (χ1n) is 12.1. The number of carbonyl (C=O) groups is 3. The molecular formula is C26H28N6O5. The van der Waals surface area contributed by atoms with E-state index in [4.69, 9.17) is 4.74 Å². The Morgan fingerprint density at radius 2 is 1.59 bits per heavy atom. The van der Waals surface area contributed by atoms with Gasteiger partial charge in [0, 0.05) is 25.3 Å². The number of benzene rings is 2. The van der Waals surface area contributed by atoms with Crippen LogP contribution in [0.25, 0.3) is 11.1 Å². The minimum Gasteiger partial charge on any atom is -0.480 e. The predicted molar refractivity (Wildman–Crippen MR) is 132 cm³/mol. The molecule has 2 aromatic carbocycles. The van der Waals surface area contributed by atoms with Gasteiger partial charge in [0.25, 0.3) is 0 Å². The molecule has 0 bridgehead atoms. The zero-order valence-corrected chi connectivity index (χ0v) is 20.2. The van der Waals surface area contributed by atoms with Crippen LogP contribution in [-0.4, -0.2) is 62.7 Å². The molecule has 1 aliphatic rings. The van der Waals surface area contributed by atoms with E-state index >= 15 is 0 Å². The van der Waals surface area contributed by atoms with Crippen LogP contribution in [0.3, 0.4) is 0 Å². The number of carbonyl (C=O) groups excluding carboxylic acids is 2. The maximum Gasteiger partial charge on any atom is 0.407 e. The number of hydrogen-bond donors (Lipinski definition) is 3. The van der Waals surface area contributed by atoms with Crippen LogP contribution in [0.2, 0.25) is 0 Å². The molecule has 0 saturated heterocycles. The molecule has 1 aromatic heterocycles. The lowest BCUT2D eigenvalue weighted by Gasteiger charge is -2.17. The van der Waals surface area contributed by atoms with Crippen molar-refractivity contribution in [1.82, 2.24) is 31.0 Å². The van der Waals surface area contributed by atoms with Gasteiger partial charge in [0.2, 0.25) is 5.91 Å². The van der Waals surface area contributed by atoms with E-state index in [-0.39, 0.29) is 31.3 Å². The molecule has 192 valence electrons. The third kappa shape index (κ3) is 6.84. The third-order valence-corrected chi connectivity index (χ3v) is 6.20. The van der Waals surface area contributed by atoms with Gasteiger partial charge in [-0.15, -0.1) is 20.4 Å². The van der Waals surface area contributed by atoms with Gasteiger partial charge >= 0.3 is 12.1 Å². The van der Waals surface area contributed by atoms with Crippen molar-refractivity contribution >= 4 is 18.0 Å². The molecule has 11 heteroatoms. The highest BCUT2D eigenvalue weighted by Gasteiger charge is 2.29. The van der Waals surface area contributed by atoms with Gasteiger partial charge in [-0.05, 0) is 41.5 Å². The highest BCUT2D eigenvalue weighted by molar-refractivity contribution is 5.81. The van der Waals surface area contributed by atoms with E-state index in [0.717, 1.165) is 22.3 Å². The molecule has 1 heterocycles. The van der Waals surface area contributed by atoms with Crippen molar-refractivity contribution in [1.29, 1.82) is 0 Å². The van der Waals surface area contributed by atoms with Gasteiger partial charge in [0.15, 0.2) is 12.2 Å². The summed E-state index contributed by atoms with van der Waals surface area (Å²) in [6.07, 6.45) is 2.26. The van der Waals surface area contributed by atoms with Gasteiger partial charge in [-0.3, -0.25) is 4.79 Å². The number of ether oxygens (including phenoxy) is 1. The molecule has 1 aliphatic carbocycles. The minimum atomic E-state index is -1.14. The second-order valence-corrected chi connectivity index (χ2v) is 8.67. The summed E-state index contributed by atoms with van der Waals surface area (Å²) in [6.45, 7) is 0.501. The van der Waals surface area contributed by atoms with E-state index in [1.807, 2.05) is 48.5 Å². The van der Waals surface area contributed by atoms with Crippen LogP contribution in [0.15, 0.2) is 54.9 Å². The number of amides is 2. The molecule has 3 aromatic rings. The van der Waals surface area contributed by atoms with Crippen LogP contribution in [-0.2, 0) is 20.7 Å². The summed E-state index contributed by atoms with van der Waals surface area (Å²) < 4.78 is 5.45. The summed E-state index contributed by atoms with van der Waals surface area (Å²) >= 11 is 0. The number of nitrogens with zero attached hydrogens (tertiary/aromatic N) is 4. The smallest absolute Gasteiger partial charge is 0.407 e. The van der Waals surface area contributed by atoms with E-state index < -0.39 is 18.1 Å². The highest BCUT2D eigenvalue weighted by atomic mass is 16.5. The number of hydrogen-bond acceptors (Lipinski definition) is 8. The quantitative estimate of drug-likeness (QED) is 0.315. The molecule has 0 unspecified atom stereocenters. The second kappa shape index (κ2) is 12.5. The van der Waals surface area contributed by atoms with Crippen molar-refractivity contribution in [3.8, 4) is 11.1 Å². The molecular weight excluding hydrogens is 476 g/mol. The van der Waals surface area contributed by atoms with Crippen LogP contribution in [0.1, 0.15) is 48.6 Å². The Morgan fingerprint density at radius 1 is 0.946 bits per heavy atom. The number of nitrogens with one attached hydrogen (secondary N) is 2. The summed E-state index contributed by atoms with van der Waals surface area (Å²) in [6, 6.07) is 14.9. The predicted octanol–water partition coefficient (Wildman–Crippen LogP) is 2.48. The third-order valence-electron chi connectivity index (χ3n) is 6.20. The zero-order valence-electron chi connectivity index (χ0n) is 20.2. The highest BCUT2D eigenvalue weighted by Crippen LogP contribution is 2.44. The average molecular weight is 505 g/mol. The minimum absolute atomic E-state index is 0.106. The van der Waals surface area contributed by atoms with E-state index in [2.05, 4.69) is 31.0 Å². The van der Waals surface area contributed by atoms with Crippen molar-refractivity contribution < 1.29 is 24.2 Å². The first-order chi connectivity index (χ1) is 18.0. The Balaban J connectivity index is 1.18.